The van der Waals surface area contributed by atoms with Gasteiger partial charge in [0.1, 0.15) is 0 Å². The van der Waals surface area contributed by atoms with Crippen LogP contribution in [0.15, 0.2) is 24.4 Å². The molecule has 2 N–H and O–H groups in total. The second-order valence-electron chi connectivity index (χ2n) is 2.68. The van der Waals surface area contributed by atoms with Crippen LogP contribution in [-0.2, 0) is 0 Å². The Hall–Kier alpha value is -0.820. The first-order chi connectivity index (χ1) is 6.66. The molecular formula is C8H6ClIN4. The average Bonchev–Trinajstić information content (AvgIpc) is 2.51. The zero-order valence-corrected chi connectivity index (χ0v) is 9.90. The van der Waals surface area contributed by atoms with Crippen molar-refractivity contribution in [1.29, 1.82) is 0 Å². The van der Waals surface area contributed by atoms with E-state index in [0.29, 0.717) is 10.8 Å². The van der Waals surface area contributed by atoms with Crippen molar-refractivity contribution in [3.8, 4) is 5.69 Å². The summed E-state index contributed by atoms with van der Waals surface area (Å²) in [7, 11) is 0. The minimum Gasteiger partial charge on any atom is -0.381 e. The number of nitrogen functional groups attached to an aromatic ring is 1. The van der Waals surface area contributed by atoms with Crippen molar-refractivity contribution in [3.63, 3.8) is 0 Å². The second-order valence-corrected chi connectivity index (χ2v) is 4.34. The molecule has 0 saturated heterocycles. The molecule has 1 aromatic carbocycles. The maximum Gasteiger partial charge on any atom is 0.166 e. The van der Waals surface area contributed by atoms with Gasteiger partial charge in [-0.05, 0) is 40.8 Å². The molecule has 0 bridgehead atoms. The Balaban J connectivity index is 2.52. The summed E-state index contributed by atoms with van der Waals surface area (Å²) in [5.74, 6) is 0.375. The van der Waals surface area contributed by atoms with Crippen LogP contribution in [0.1, 0.15) is 0 Å². The van der Waals surface area contributed by atoms with E-state index in [-0.39, 0.29) is 0 Å². The Kier molecular flexibility index (Phi) is 2.60. The molecule has 0 amide bonds. The molecule has 2 rings (SSSR count). The summed E-state index contributed by atoms with van der Waals surface area (Å²) in [6.45, 7) is 0. The Labute approximate surface area is 99.2 Å². The topological polar surface area (TPSA) is 56.7 Å². The highest BCUT2D eigenvalue weighted by atomic mass is 127. The van der Waals surface area contributed by atoms with Gasteiger partial charge in [0.2, 0.25) is 0 Å². The lowest BCUT2D eigenvalue weighted by molar-refractivity contribution is 0.804. The van der Waals surface area contributed by atoms with Gasteiger partial charge >= 0.3 is 0 Å². The molecule has 0 saturated carbocycles. The van der Waals surface area contributed by atoms with Gasteiger partial charge in [-0.15, -0.1) is 5.10 Å². The predicted molar refractivity (Wildman–Crippen MR) is 63.5 cm³/mol. The molecule has 0 spiro atoms. The van der Waals surface area contributed by atoms with Gasteiger partial charge in [0.25, 0.3) is 0 Å². The molecule has 4 nitrogen and oxygen atoms in total. The number of anilines is 1. The van der Waals surface area contributed by atoms with Crippen molar-refractivity contribution in [2.45, 2.75) is 0 Å². The third-order valence-electron chi connectivity index (χ3n) is 1.67. The zero-order valence-electron chi connectivity index (χ0n) is 6.98. The average molecular weight is 321 g/mol. The number of rotatable bonds is 1. The first-order valence-corrected chi connectivity index (χ1v) is 5.26. The monoisotopic (exact) mass is 320 g/mol. The molecule has 0 aliphatic carbocycles. The minimum atomic E-state index is 0.375. The van der Waals surface area contributed by atoms with Crippen LogP contribution in [0.3, 0.4) is 0 Å². The van der Waals surface area contributed by atoms with E-state index in [9.17, 15) is 0 Å². The second kappa shape index (κ2) is 3.74. The van der Waals surface area contributed by atoms with Crippen LogP contribution >= 0.6 is 34.2 Å². The molecule has 0 radical (unpaired) electrons. The lowest BCUT2D eigenvalue weighted by Gasteiger charge is -2.02. The van der Waals surface area contributed by atoms with E-state index in [0.717, 1.165) is 9.26 Å². The van der Waals surface area contributed by atoms with Gasteiger partial charge in [0.05, 0.1) is 16.9 Å². The molecule has 0 aliphatic heterocycles. The van der Waals surface area contributed by atoms with Gasteiger partial charge in [-0.2, -0.15) is 0 Å². The molecule has 0 aliphatic rings. The lowest BCUT2D eigenvalue weighted by atomic mass is 10.3. The number of aromatic nitrogens is 3. The molecule has 6 heteroatoms. The van der Waals surface area contributed by atoms with E-state index in [1.165, 1.54) is 0 Å². The number of nitrogens with two attached hydrogens (primary N) is 1. The fourth-order valence-corrected chi connectivity index (χ4v) is 2.00. The van der Waals surface area contributed by atoms with Crippen molar-refractivity contribution in [1.82, 2.24) is 15.0 Å². The summed E-state index contributed by atoms with van der Waals surface area (Å²) in [4.78, 5) is 0. The van der Waals surface area contributed by atoms with Crippen LogP contribution in [0.2, 0.25) is 5.02 Å². The van der Waals surface area contributed by atoms with Gasteiger partial charge in [0, 0.05) is 3.57 Å². The Morgan fingerprint density at radius 2 is 2.21 bits per heavy atom. The van der Waals surface area contributed by atoms with E-state index in [2.05, 4.69) is 32.9 Å². The van der Waals surface area contributed by atoms with Gasteiger partial charge in [-0.25, -0.2) is 4.68 Å². The zero-order chi connectivity index (χ0) is 10.1. The number of hydrogen-bond donors (Lipinski definition) is 1. The molecule has 1 heterocycles. The van der Waals surface area contributed by atoms with Crippen molar-refractivity contribution < 1.29 is 0 Å². The normalized spacial score (nSPS) is 10.4. The lowest BCUT2D eigenvalue weighted by Crippen LogP contribution is -1.96. The van der Waals surface area contributed by atoms with Gasteiger partial charge < -0.3 is 5.73 Å². The van der Waals surface area contributed by atoms with E-state index < -0.39 is 0 Å². The predicted octanol–water partition coefficient (Wildman–Crippen LogP) is 2.11. The van der Waals surface area contributed by atoms with Gasteiger partial charge in [-0.3, -0.25) is 0 Å². The third kappa shape index (κ3) is 1.83. The summed E-state index contributed by atoms with van der Waals surface area (Å²) in [6, 6.07) is 5.67. The SMILES string of the molecule is Nc1cn(-c2ccc(I)cc2Cl)nn1. The van der Waals surface area contributed by atoms with Crippen LogP contribution in [-0.4, -0.2) is 15.0 Å². The summed E-state index contributed by atoms with van der Waals surface area (Å²) in [5.41, 5.74) is 6.23. The number of nitrogens with zero attached hydrogens (tertiary/aromatic N) is 3. The van der Waals surface area contributed by atoms with Gasteiger partial charge in [0.15, 0.2) is 5.82 Å². The van der Waals surface area contributed by atoms with Crippen LogP contribution in [0, 0.1) is 3.57 Å². The minimum absolute atomic E-state index is 0.375. The molecule has 14 heavy (non-hydrogen) atoms. The first-order valence-electron chi connectivity index (χ1n) is 3.80. The van der Waals surface area contributed by atoms with Gasteiger partial charge in [-0.1, -0.05) is 16.8 Å². The highest BCUT2D eigenvalue weighted by Crippen LogP contribution is 2.22. The fraction of sp³-hybridized carbons (Fsp3) is 0. The number of benzene rings is 1. The maximum atomic E-state index is 6.04. The van der Waals surface area contributed by atoms with Crippen LogP contribution in [0.4, 0.5) is 5.82 Å². The fourth-order valence-electron chi connectivity index (χ4n) is 1.06. The van der Waals surface area contributed by atoms with Crippen LogP contribution < -0.4 is 5.73 Å². The molecule has 1 aromatic heterocycles. The van der Waals surface area contributed by atoms with Crippen LogP contribution in [0.5, 0.6) is 0 Å². The summed E-state index contributed by atoms with van der Waals surface area (Å²) in [6.07, 6.45) is 1.62. The maximum absolute atomic E-state index is 6.04. The largest absolute Gasteiger partial charge is 0.381 e. The van der Waals surface area contributed by atoms with Crippen molar-refractivity contribution in [2.75, 3.05) is 5.73 Å². The molecule has 0 fully saturated rings. The van der Waals surface area contributed by atoms with Crippen molar-refractivity contribution in [2.24, 2.45) is 0 Å². The van der Waals surface area contributed by atoms with Crippen molar-refractivity contribution >= 4 is 40.0 Å². The summed E-state index contributed by atoms with van der Waals surface area (Å²) >= 11 is 8.23. The van der Waals surface area contributed by atoms with E-state index in [1.807, 2.05) is 18.2 Å². The van der Waals surface area contributed by atoms with E-state index >= 15 is 0 Å². The first kappa shape index (κ1) is 9.72. The highest BCUT2D eigenvalue weighted by Gasteiger charge is 2.04. The Morgan fingerprint density at radius 3 is 2.79 bits per heavy atom. The molecular weight excluding hydrogens is 314 g/mol. The standard InChI is InChI=1S/C8H6ClIN4/c9-6-3-5(10)1-2-7(6)14-4-8(11)12-13-14/h1-4H,11H2. The smallest absolute Gasteiger partial charge is 0.166 e. The van der Waals surface area contributed by atoms with Crippen molar-refractivity contribution in [3.05, 3.63) is 33.0 Å². The highest BCUT2D eigenvalue weighted by molar-refractivity contribution is 14.1. The number of hydrogen-bond acceptors (Lipinski definition) is 3. The molecule has 72 valence electrons. The quantitative estimate of drug-likeness (QED) is 0.819. The van der Waals surface area contributed by atoms with Crippen LogP contribution in [0.25, 0.3) is 5.69 Å². The van der Waals surface area contributed by atoms with E-state index in [1.54, 1.807) is 10.9 Å². The molecule has 0 unspecified atom stereocenters. The third-order valence-corrected chi connectivity index (χ3v) is 2.64. The Morgan fingerprint density at radius 1 is 1.43 bits per heavy atom. The molecule has 0 atom stereocenters. The summed E-state index contributed by atoms with van der Waals surface area (Å²) < 4.78 is 2.62. The summed E-state index contributed by atoms with van der Waals surface area (Å²) in [5, 5.41) is 8.14. The number of halogens is 2. The molecule has 2 aromatic rings. The van der Waals surface area contributed by atoms with E-state index in [4.69, 9.17) is 17.3 Å². The Bertz CT molecular complexity index is 468.